The Labute approximate surface area is 203 Å². The summed E-state index contributed by atoms with van der Waals surface area (Å²) in [5.41, 5.74) is 0.674. The number of benzene rings is 1. The van der Waals surface area contributed by atoms with E-state index in [1.807, 2.05) is 0 Å². The summed E-state index contributed by atoms with van der Waals surface area (Å²) < 4.78 is 56.3. The lowest BCUT2D eigenvalue weighted by atomic mass is 10.1. The zero-order valence-corrected chi connectivity index (χ0v) is 19.8. The summed E-state index contributed by atoms with van der Waals surface area (Å²) in [5, 5.41) is 2.40. The van der Waals surface area contributed by atoms with Crippen molar-refractivity contribution in [2.45, 2.75) is 18.5 Å². The van der Waals surface area contributed by atoms with Crippen molar-refractivity contribution < 1.29 is 22.0 Å². The maximum Gasteiger partial charge on any atom is 0.305 e. The second-order valence-corrected chi connectivity index (χ2v) is 10.7. The van der Waals surface area contributed by atoms with E-state index in [1.54, 1.807) is 12.1 Å². The van der Waals surface area contributed by atoms with Crippen LogP contribution in [0.4, 0.5) is 20.3 Å². The van der Waals surface area contributed by atoms with Crippen molar-refractivity contribution in [1.82, 2.24) is 14.0 Å². The molecule has 1 amide bonds. The van der Waals surface area contributed by atoms with Gasteiger partial charge in [-0.25, -0.2) is 8.78 Å². The predicted octanol–water partition coefficient (Wildman–Crippen LogP) is 4.51. The minimum Gasteiger partial charge on any atom is -0.358 e. The molecule has 0 saturated carbocycles. The van der Waals surface area contributed by atoms with E-state index >= 15 is 0 Å². The van der Waals surface area contributed by atoms with Crippen molar-refractivity contribution in [2.24, 2.45) is 0 Å². The Morgan fingerprint density at radius 3 is 2.74 bits per heavy atom. The molecule has 0 aliphatic carbocycles. The normalized spacial score (nSPS) is 20.0. The molecule has 1 aromatic carbocycles. The molecule has 1 saturated heterocycles. The Morgan fingerprint density at radius 1 is 1.29 bits per heavy atom. The van der Waals surface area contributed by atoms with Crippen LogP contribution >= 0.6 is 22.9 Å². The first-order valence-corrected chi connectivity index (χ1v) is 12.4. The molecule has 2 N–H and O–H groups in total. The third-order valence-electron chi connectivity index (χ3n) is 5.24. The predicted molar refractivity (Wildman–Crippen MR) is 125 cm³/mol. The zero-order valence-electron chi connectivity index (χ0n) is 17.4. The van der Waals surface area contributed by atoms with E-state index in [0.29, 0.717) is 15.3 Å². The number of amides is 1. The first-order valence-electron chi connectivity index (χ1n) is 9.73. The molecule has 176 valence electrons. The van der Waals surface area contributed by atoms with Gasteiger partial charge in [0, 0.05) is 28.1 Å². The van der Waals surface area contributed by atoms with Crippen LogP contribution in [0, 0.1) is 18.2 Å². The fourth-order valence-corrected chi connectivity index (χ4v) is 6.01. The molecule has 13 heteroatoms. The van der Waals surface area contributed by atoms with Gasteiger partial charge >= 0.3 is 5.82 Å². The van der Waals surface area contributed by atoms with Gasteiger partial charge in [-0.2, -0.15) is 17.4 Å². The Kier molecular flexibility index (Phi) is 6.66. The van der Waals surface area contributed by atoms with Crippen LogP contribution in [-0.2, 0) is 15.0 Å². The molecule has 34 heavy (non-hydrogen) atoms. The highest BCUT2D eigenvalue weighted by Gasteiger charge is 2.41. The topological polar surface area (TPSA) is 95.8 Å². The van der Waals surface area contributed by atoms with E-state index in [1.165, 1.54) is 42.8 Å². The lowest BCUT2D eigenvalue weighted by molar-refractivity contribution is -0.120. The van der Waals surface area contributed by atoms with E-state index in [4.69, 9.17) is 18.2 Å². The summed E-state index contributed by atoms with van der Waals surface area (Å²) >= 11 is 6.97. The summed E-state index contributed by atoms with van der Waals surface area (Å²) in [6, 6.07) is 6.46. The number of likely N-dealkylation sites (N-methyl/N-ethyl adjacent to an activating group) is 1. The molecule has 0 bridgehead atoms. The number of anilines is 1. The number of pyridine rings is 1. The van der Waals surface area contributed by atoms with Crippen LogP contribution in [0.5, 0.6) is 0 Å². The van der Waals surface area contributed by atoms with Crippen molar-refractivity contribution >= 4 is 50.6 Å². The highest BCUT2D eigenvalue weighted by molar-refractivity contribution is 7.87. The van der Waals surface area contributed by atoms with Gasteiger partial charge in [0.1, 0.15) is 18.1 Å². The summed E-state index contributed by atoms with van der Waals surface area (Å²) in [4.78, 5) is 20.9. The van der Waals surface area contributed by atoms with Crippen molar-refractivity contribution in [3.63, 3.8) is 0 Å². The van der Waals surface area contributed by atoms with E-state index < -0.39 is 39.8 Å². The minimum absolute atomic E-state index is 0.111. The van der Waals surface area contributed by atoms with E-state index in [0.717, 1.165) is 10.4 Å². The number of nitrogens with one attached hydrogen (secondary N) is 2. The highest BCUT2D eigenvalue weighted by Crippen LogP contribution is 2.37. The average molecular weight is 524 g/mol. The second kappa shape index (κ2) is 9.36. The molecule has 4 rings (SSSR count). The van der Waals surface area contributed by atoms with Crippen LogP contribution < -0.4 is 10.0 Å². The van der Waals surface area contributed by atoms with Crippen molar-refractivity contribution in [1.29, 1.82) is 0 Å². The number of nitrogens with zero attached hydrogens (tertiary/aromatic N) is 3. The average Bonchev–Trinajstić information content (AvgIpc) is 3.28. The smallest absolute Gasteiger partial charge is 0.305 e. The fourth-order valence-electron chi connectivity index (χ4n) is 3.44. The van der Waals surface area contributed by atoms with Gasteiger partial charge < -0.3 is 10.2 Å². The Hall–Kier alpha value is -2.95. The molecule has 1 fully saturated rings. The van der Waals surface area contributed by atoms with Crippen molar-refractivity contribution in [2.75, 3.05) is 12.4 Å². The van der Waals surface area contributed by atoms with Crippen LogP contribution in [0.2, 0.25) is 5.02 Å². The minimum atomic E-state index is -3.99. The monoisotopic (exact) mass is 523 g/mol. The molecule has 3 aromatic rings. The van der Waals surface area contributed by atoms with Gasteiger partial charge in [-0.1, -0.05) is 18.2 Å². The number of aromatic nitrogens is 1. The molecule has 0 unspecified atom stereocenters. The molecule has 1 aliphatic heterocycles. The van der Waals surface area contributed by atoms with Gasteiger partial charge in [-0.15, -0.1) is 16.3 Å². The molecular weight excluding hydrogens is 508 g/mol. The zero-order chi connectivity index (χ0) is 24.6. The molecule has 2 aromatic heterocycles. The fraction of sp³-hybridized carbons (Fsp3) is 0.190. The number of thiophene rings is 1. The largest absolute Gasteiger partial charge is 0.358 e. The quantitative estimate of drug-likeness (QED) is 0.492. The van der Waals surface area contributed by atoms with Gasteiger partial charge in [0.2, 0.25) is 5.91 Å². The Bertz CT molecular complexity index is 1420. The molecular formula is C21H16ClF2N5O3S2. The number of carbonyl (C=O) groups is 1. The molecule has 1 aliphatic rings. The summed E-state index contributed by atoms with van der Waals surface area (Å²) in [6.07, 6.45) is 1.48. The summed E-state index contributed by atoms with van der Waals surface area (Å²) in [7, 11) is -2.71. The van der Waals surface area contributed by atoms with Crippen LogP contribution in [0.15, 0.2) is 42.6 Å². The highest BCUT2D eigenvalue weighted by atomic mass is 35.5. The second-order valence-electron chi connectivity index (χ2n) is 7.40. The maximum atomic E-state index is 14.0. The number of halogens is 3. The van der Waals surface area contributed by atoms with Crippen LogP contribution in [0.3, 0.4) is 0 Å². The standard InChI is InChI=1S/C21H16ClF2N5O3S2/c1-25-20-15(24)7-11(10-26-20)18-5-6-19(33-18)16-9-17(29(2)34(31,32)28-16)21(30)27-12-3-4-14(23)13(22)8-12/h3-8,10,16-17,28H,9H2,2H3,(H,27,30)/t16-,17+/m1/s1. The van der Waals surface area contributed by atoms with Crippen molar-refractivity contribution in [3.05, 3.63) is 75.5 Å². The van der Waals surface area contributed by atoms with E-state index in [-0.39, 0.29) is 22.9 Å². The number of hydrogen-bond acceptors (Lipinski definition) is 5. The molecule has 0 spiro atoms. The number of hydrogen-bond donors (Lipinski definition) is 2. The molecule has 8 nitrogen and oxygen atoms in total. The molecule has 2 atom stereocenters. The Morgan fingerprint density at radius 2 is 2.06 bits per heavy atom. The first-order chi connectivity index (χ1) is 16.1. The van der Waals surface area contributed by atoms with Crippen LogP contribution in [0.1, 0.15) is 17.3 Å². The first kappa shape index (κ1) is 24.2. The third kappa shape index (κ3) is 4.79. The van der Waals surface area contributed by atoms with E-state index in [2.05, 4.69) is 19.9 Å². The van der Waals surface area contributed by atoms with E-state index in [9.17, 15) is 22.0 Å². The van der Waals surface area contributed by atoms with Gasteiger partial charge in [0.25, 0.3) is 10.2 Å². The Balaban J connectivity index is 1.58. The van der Waals surface area contributed by atoms with Gasteiger partial charge in [0.15, 0.2) is 5.82 Å². The van der Waals surface area contributed by atoms with Crippen LogP contribution in [-0.4, -0.2) is 36.7 Å². The lowest BCUT2D eigenvalue weighted by Gasteiger charge is -2.35. The molecule has 3 heterocycles. The van der Waals surface area contributed by atoms with Gasteiger partial charge in [-0.3, -0.25) is 4.79 Å². The van der Waals surface area contributed by atoms with Crippen molar-refractivity contribution in [3.8, 4) is 10.4 Å². The summed E-state index contributed by atoms with van der Waals surface area (Å²) in [5.74, 6) is -2.33. The number of rotatable bonds is 4. The van der Waals surface area contributed by atoms with Gasteiger partial charge in [0.05, 0.1) is 11.1 Å². The summed E-state index contributed by atoms with van der Waals surface area (Å²) in [6.45, 7) is 6.90. The lowest BCUT2D eigenvalue weighted by Crippen LogP contribution is -2.55. The van der Waals surface area contributed by atoms with Crippen LogP contribution in [0.25, 0.3) is 15.3 Å². The maximum absolute atomic E-state index is 14.0. The SMILES string of the molecule is [C-]#[N+]c1ncc(-c2ccc([C@H]3C[C@@H](C(=O)Nc4ccc(F)c(Cl)c4)N(C)S(=O)(=O)N3)s2)cc1F. The number of carbonyl (C=O) groups excluding carboxylic acids is 1. The molecule has 0 radical (unpaired) electrons. The third-order valence-corrected chi connectivity index (χ3v) is 8.37. The van der Waals surface area contributed by atoms with Gasteiger partial charge in [-0.05, 0) is 42.8 Å².